The molecule has 0 saturated heterocycles. The standard InChI is InChI=1S/C26H34N2O2/c1-6-24(29)27-20-13-14-21(17-20)28(5)25(30)19-12-15-22(18-10-8-7-9-11-18)23(16-19)26(2,3)4/h7-12,15-16,20-21H,6,13-14,17H2,1-5H3,(H,27,29)/t20-,21+/m0/s1. The molecule has 2 atom stereocenters. The van der Waals surface area contributed by atoms with Gasteiger partial charge in [-0.1, -0.05) is 64.1 Å². The van der Waals surface area contributed by atoms with Crippen molar-refractivity contribution in [1.29, 1.82) is 0 Å². The average Bonchev–Trinajstić information content (AvgIpc) is 3.20. The fraction of sp³-hybridized carbons (Fsp3) is 0.462. The van der Waals surface area contributed by atoms with Crippen LogP contribution in [0.5, 0.6) is 0 Å². The van der Waals surface area contributed by atoms with E-state index in [9.17, 15) is 9.59 Å². The summed E-state index contributed by atoms with van der Waals surface area (Å²) in [5.41, 5.74) is 4.16. The number of hydrogen-bond acceptors (Lipinski definition) is 2. The highest BCUT2D eigenvalue weighted by atomic mass is 16.2. The van der Waals surface area contributed by atoms with Gasteiger partial charge in [0.25, 0.3) is 5.91 Å². The van der Waals surface area contributed by atoms with Crippen LogP contribution in [-0.4, -0.2) is 35.8 Å². The Morgan fingerprint density at radius 2 is 1.77 bits per heavy atom. The smallest absolute Gasteiger partial charge is 0.253 e. The molecule has 4 nitrogen and oxygen atoms in total. The molecule has 160 valence electrons. The number of carbonyl (C=O) groups is 2. The minimum Gasteiger partial charge on any atom is -0.353 e. The van der Waals surface area contributed by atoms with Crippen molar-refractivity contribution in [1.82, 2.24) is 10.2 Å². The number of hydrogen-bond donors (Lipinski definition) is 1. The highest BCUT2D eigenvalue weighted by Crippen LogP contribution is 2.34. The van der Waals surface area contributed by atoms with Gasteiger partial charge in [0.15, 0.2) is 0 Å². The topological polar surface area (TPSA) is 49.4 Å². The van der Waals surface area contributed by atoms with Gasteiger partial charge in [-0.05, 0) is 53.5 Å². The molecule has 1 fully saturated rings. The third kappa shape index (κ3) is 4.92. The van der Waals surface area contributed by atoms with Gasteiger partial charge in [-0.2, -0.15) is 0 Å². The molecule has 0 aromatic heterocycles. The second-order valence-electron chi connectivity index (χ2n) is 9.38. The molecule has 0 heterocycles. The van der Waals surface area contributed by atoms with Crippen LogP contribution in [0.3, 0.4) is 0 Å². The van der Waals surface area contributed by atoms with E-state index in [1.807, 2.05) is 43.1 Å². The van der Waals surface area contributed by atoms with Crippen LogP contribution in [0.4, 0.5) is 0 Å². The Labute approximate surface area is 180 Å². The molecule has 0 bridgehead atoms. The van der Waals surface area contributed by atoms with E-state index in [0.29, 0.717) is 6.42 Å². The van der Waals surface area contributed by atoms with Gasteiger partial charge >= 0.3 is 0 Å². The summed E-state index contributed by atoms with van der Waals surface area (Å²) in [5, 5.41) is 3.07. The van der Waals surface area contributed by atoms with E-state index in [1.54, 1.807) is 0 Å². The normalized spacial score (nSPS) is 18.8. The molecule has 1 N–H and O–H groups in total. The van der Waals surface area contributed by atoms with Crippen LogP contribution in [0, 0.1) is 0 Å². The monoisotopic (exact) mass is 406 g/mol. The summed E-state index contributed by atoms with van der Waals surface area (Å²) in [6.07, 6.45) is 3.17. The summed E-state index contributed by atoms with van der Waals surface area (Å²) in [7, 11) is 1.89. The zero-order chi connectivity index (χ0) is 21.9. The van der Waals surface area contributed by atoms with Gasteiger partial charge in [0.1, 0.15) is 0 Å². The summed E-state index contributed by atoms with van der Waals surface area (Å²) in [4.78, 5) is 26.8. The van der Waals surface area contributed by atoms with Crippen molar-refractivity contribution in [2.75, 3.05) is 7.05 Å². The third-order valence-corrected chi connectivity index (χ3v) is 6.12. The van der Waals surface area contributed by atoms with E-state index in [-0.39, 0.29) is 29.3 Å². The van der Waals surface area contributed by atoms with E-state index in [0.717, 1.165) is 24.8 Å². The van der Waals surface area contributed by atoms with Crippen molar-refractivity contribution in [2.24, 2.45) is 0 Å². The molecule has 0 unspecified atom stereocenters. The fourth-order valence-corrected chi connectivity index (χ4v) is 4.31. The molecular weight excluding hydrogens is 372 g/mol. The van der Waals surface area contributed by atoms with Crippen LogP contribution in [-0.2, 0) is 10.2 Å². The van der Waals surface area contributed by atoms with E-state index in [2.05, 4.69) is 50.4 Å². The molecule has 0 spiro atoms. The van der Waals surface area contributed by atoms with Crippen molar-refractivity contribution in [2.45, 2.75) is 70.9 Å². The van der Waals surface area contributed by atoms with Crippen LogP contribution in [0.15, 0.2) is 48.5 Å². The van der Waals surface area contributed by atoms with Gasteiger partial charge in [-0.15, -0.1) is 0 Å². The maximum Gasteiger partial charge on any atom is 0.253 e. The Morgan fingerprint density at radius 1 is 1.07 bits per heavy atom. The molecule has 2 aromatic carbocycles. The lowest BCUT2D eigenvalue weighted by Gasteiger charge is -2.27. The van der Waals surface area contributed by atoms with Gasteiger partial charge < -0.3 is 10.2 Å². The maximum atomic E-state index is 13.3. The highest BCUT2D eigenvalue weighted by Gasteiger charge is 2.31. The Bertz CT molecular complexity index is 899. The molecule has 1 aliphatic rings. The summed E-state index contributed by atoms with van der Waals surface area (Å²) in [6, 6.07) is 16.7. The predicted molar refractivity (Wildman–Crippen MR) is 123 cm³/mol. The first-order valence-corrected chi connectivity index (χ1v) is 11.0. The number of amides is 2. The first-order valence-electron chi connectivity index (χ1n) is 11.0. The van der Waals surface area contributed by atoms with Crippen LogP contribution in [0.25, 0.3) is 11.1 Å². The molecule has 30 heavy (non-hydrogen) atoms. The second-order valence-corrected chi connectivity index (χ2v) is 9.38. The Kier molecular flexibility index (Phi) is 6.64. The van der Waals surface area contributed by atoms with Crippen molar-refractivity contribution >= 4 is 11.8 Å². The van der Waals surface area contributed by atoms with E-state index >= 15 is 0 Å². The molecule has 1 saturated carbocycles. The van der Waals surface area contributed by atoms with Crippen molar-refractivity contribution in [3.63, 3.8) is 0 Å². The Morgan fingerprint density at radius 3 is 2.40 bits per heavy atom. The van der Waals surface area contributed by atoms with Crippen molar-refractivity contribution in [3.05, 3.63) is 59.7 Å². The number of nitrogens with zero attached hydrogens (tertiary/aromatic N) is 1. The lowest BCUT2D eigenvalue weighted by molar-refractivity contribution is -0.121. The predicted octanol–water partition coefficient (Wildman–Crippen LogP) is 5.17. The summed E-state index contributed by atoms with van der Waals surface area (Å²) in [6.45, 7) is 8.42. The molecule has 2 amide bonds. The van der Waals surface area contributed by atoms with Crippen molar-refractivity contribution in [3.8, 4) is 11.1 Å². The molecule has 1 aliphatic carbocycles. The molecule has 0 radical (unpaired) electrons. The number of nitrogens with one attached hydrogen (secondary N) is 1. The number of benzene rings is 2. The SMILES string of the molecule is CCC(=O)N[C@H]1CC[C@@H](N(C)C(=O)c2ccc(-c3ccccc3)c(C(C)(C)C)c2)C1. The second kappa shape index (κ2) is 9.03. The number of rotatable bonds is 5. The van der Waals surface area contributed by atoms with E-state index in [1.165, 1.54) is 16.7 Å². The van der Waals surface area contributed by atoms with Crippen LogP contribution in [0.2, 0.25) is 0 Å². The Balaban J connectivity index is 1.82. The maximum absolute atomic E-state index is 13.3. The van der Waals surface area contributed by atoms with Gasteiger partial charge in [0.2, 0.25) is 5.91 Å². The first-order chi connectivity index (χ1) is 14.2. The zero-order valence-electron chi connectivity index (χ0n) is 18.9. The van der Waals surface area contributed by atoms with Gasteiger partial charge in [0.05, 0.1) is 0 Å². The van der Waals surface area contributed by atoms with Crippen molar-refractivity contribution < 1.29 is 9.59 Å². The third-order valence-electron chi connectivity index (χ3n) is 6.12. The molecule has 3 rings (SSSR count). The molecule has 4 heteroatoms. The van der Waals surface area contributed by atoms with Crippen LogP contribution in [0.1, 0.15) is 69.3 Å². The quantitative estimate of drug-likeness (QED) is 0.745. The minimum absolute atomic E-state index is 0.0487. The average molecular weight is 407 g/mol. The summed E-state index contributed by atoms with van der Waals surface area (Å²) in [5.74, 6) is 0.133. The van der Waals surface area contributed by atoms with E-state index < -0.39 is 0 Å². The number of carbonyl (C=O) groups excluding carboxylic acids is 2. The van der Waals surface area contributed by atoms with Crippen LogP contribution < -0.4 is 5.32 Å². The van der Waals surface area contributed by atoms with Gasteiger partial charge in [-0.25, -0.2) is 0 Å². The lowest BCUT2D eigenvalue weighted by atomic mass is 9.81. The first kappa shape index (κ1) is 22.1. The molecular formula is C26H34N2O2. The molecule has 0 aliphatic heterocycles. The minimum atomic E-state index is -0.0804. The van der Waals surface area contributed by atoms with Crippen LogP contribution >= 0.6 is 0 Å². The highest BCUT2D eigenvalue weighted by molar-refractivity contribution is 5.95. The Hall–Kier alpha value is -2.62. The fourth-order valence-electron chi connectivity index (χ4n) is 4.31. The van der Waals surface area contributed by atoms with Gasteiger partial charge in [-0.3, -0.25) is 9.59 Å². The lowest BCUT2D eigenvalue weighted by Crippen LogP contribution is -2.38. The van der Waals surface area contributed by atoms with E-state index in [4.69, 9.17) is 0 Å². The largest absolute Gasteiger partial charge is 0.353 e. The summed E-state index contributed by atoms with van der Waals surface area (Å²) < 4.78 is 0. The van der Waals surface area contributed by atoms with Gasteiger partial charge in [0, 0.05) is 31.1 Å². The summed E-state index contributed by atoms with van der Waals surface area (Å²) >= 11 is 0. The molecule has 2 aromatic rings. The zero-order valence-corrected chi connectivity index (χ0v) is 18.9.